The lowest BCUT2D eigenvalue weighted by molar-refractivity contribution is 0.0697. The molecule has 3 aromatic heterocycles. The summed E-state index contributed by atoms with van der Waals surface area (Å²) in [5, 5.41) is 22.2. The molecule has 0 unspecified atom stereocenters. The largest absolute Gasteiger partial charge is 0.478 e. The predicted molar refractivity (Wildman–Crippen MR) is 96.8 cm³/mol. The van der Waals surface area contributed by atoms with Crippen LogP contribution in [0.1, 0.15) is 43.1 Å². The normalized spacial score (nSPS) is 10.8. The van der Waals surface area contributed by atoms with Gasteiger partial charge >= 0.3 is 5.97 Å². The first-order valence-electron chi connectivity index (χ1n) is 7.59. The monoisotopic (exact) mass is 376 g/mol. The molecule has 3 aromatic rings. The van der Waals surface area contributed by atoms with Crippen LogP contribution in [0.4, 0.5) is 5.00 Å². The predicted octanol–water partition coefficient (Wildman–Crippen LogP) is 3.27. The Hall–Kier alpha value is -2.52. The lowest BCUT2D eigenvalue weighted by Crippen LogP contribution is -2.14. The molecule has 0 aliphatic carbocycles. The van der Waals surface area contributed by atoms with E-state index in [1.165, 1.54) is 11.3 Å². The fourth-order valence-corrected chi connectivity index (χ4v) is 4.36. The summed E-state index contributed by atoms with van der Waals surface area (Å²) in [7, 11) is 0. The van der Waals surface area contributed by atoms with Gasteiger partial charge in [-0.3, -0.25) is 4.79 Å². The molecule has 0 radical (unpaired) electrons. The van der Waals surface area contributed by atoms with Crippen molar-refractivity contribution in [1.82, 2.24) is 15.0 Å². The van der Waals surface area contributed by atoms with Crippen molar-refractivity contribution in [2.75, 3.05) is 5.32 Å². The standard InChI is InChI=1S/C16H16N4O3S2/c1-3-11-9(2)25-15(13(11)16(22)23)17-14(21)12-8-20(19-18-12)7-10-5-4-6-24-10/h4-6,8H,3,7H2,1-2H3,(H,17,21)(H,22,23). The minimum Gasteiger partial charge on any atom is -0.478 e. The molecule has 0 saturated carbocycles. The Morgan fingerprint density at radius 1 is 1.40 bits per heavy atom. The van der Waals surface area contributed by atoms with Gasteiger partial charge in [-0.25, -0.2) is 9.48 Å². The highest BCUT2D eigenvalue weighted by atomic mass is 32.1. The zero-order valence-electron chi connectivity index (χ0n) is 13.6. The molecule has 25 heavy (non-hydrogen) atoms. The van der Waals surface area contributed by atoms with E-state index < -0.39 is 11.9 Å². The smallest absolute Gasteiger partial charge is 0.339 e. The van der Waals surface area contributed by atoms with E-state index in [4.69, 9.17) is 0 Å². The molecule has 0 aromatic carbocycles. The van der Waals surface area contributed by atoms with Crippen LogP contribution in [0, 0.1) is 6.92 Å². The van der Waals surface area contributed by atoms with Crippen LogP contribution >= 0.6 is 22.7 Å². The van der Waals surface area contributed by atoms with Gasteiger partial charge in [-0.1, -0.05) is 18.2 Å². The first-order chi connectivity index (χ1) is 12.0. The third-order valence-electron chi connectivity index (χ3n) is 3.67. The highest BCUT2D eigenvalue weighted by molar-refractivity contribution is 7.16. The molecule has 0 spiro atoms. The molecule has 1 amide bonds. The van der Waals surface area contributed by atoms with Crippen molar-refractivity contribution in [3.8, 4) is 0 Å². The summed E-state index contributed by atoms with van der Waals surface area (Å²) in [6, 6.07) is 3.92. The third kappa shape index (κ3) is 3.62. The average Bonchev–Trinajstić information content (AvgIpc) is 3.28. The number of amides is 1. The maximum atomic E-state index is 12.4. The van der Waals surface area contributed by atoms with Gasteiger partial charge in [0.25, 0.3) is 5.91 Å². The number of aromatic carboxylic acids is 1. The van der Waals surface area contributed by atoms with Gasteiger partial charge in [0.05, 0.1) is 18.3 Å². The molecule has 130 valence electrons. The Labute approximate surface area is 151 Å². The summed E-state index contributed by atoms with van der Waals surface area (Å²) in [6.07, 6.45) is 2.15. The number of nitrogens with one attached hydrogen (secondary N) is 1. The van der Waals surface area contributed by atoms with Crippen LogP contribution < -0.4 is 5.32 Å². The molecule has 9 heteroatoms. The summed E-state index contributed by atoms with van der Waals surface area (Å²) in [5.74, 6) is -1.51. The van der Waals surface area contributed by atoms with Crippen molar-refractivity contribution >= 4 is 39.6 Å². The van der Waals surface area contributed by atoms with E-state index in [0.717, 1.165) is 15.3 Å². The average molecular weight is 376 g/mol. The molecular weight excluding hydrogens is 360 g/mol. The highest BCUT2D eigenvalue weighted by Crippen LogP contribution is 2.33. The van der Waals surface area contributed by atoms with Crippen LogP contribution in [-0.2, 0) is 13.0 Å². The second kappa shape index (κ2) is 7.16. The van der Waals surface area contributed by atoms with Gasteiger partial charge in [-0.15, -0.1) is 27.8 Å². The van der Waals surface area contributed by atoms with Crippen molar-refractivity contribution in [2.45, 2.75) is 26.8 Å². The number of aromatic nitrogens is 3. The number of aryl methyl sites for hydroxylation is 1. The molecule has 0 saturated heterocycles. The lowest BCUT2D eigenvalue weighted by Gasteiger charge is -2.03. The van der Waals surface area contributed by atoms with Gasteiger partial charge < -0.3 is 10.4 Å². The second-order valence-corrected chi connectivity index (χ2v) is 7.59. The summed E-state index contributed by atoms with van der Waals surface area (Å²) in [6.45, 7) is 4.28. The molecule has 7 nitrogen and oxygen atoms in total. The first-order valence-corrected chi connectivity index (χ1v) is 9.28. The Balaban J connectivity index is 1.79. The van der Waals surface area contributed by atoms with E-state index in [1.54, 1.807) is 22.2 Å². The lowest BCUT2D eigenvalue weighted by atomic mass is 10.1. The SMILES string of the molecule is CCc1c(C)sc(NC(=O)c2cn(Cc3cccs3)nn2)c1C(=O)O. The number of carbonyl (C=O) groups is 2. The molecule has 0 bridgehead atoms. The first kappa shape index (κ1) is 17.3. The molecule has 2 N–H and O–H groups in total. The summed E-state index contributed by atoms with van der Waals surface area (Å²) < 4.78 is 1.58. The fraction of sp³-hybridized carbons (Fsp3) is 0.250. The van der Waals surface area contributed by atoms with E-state index in [9.17, 15) is 14.7 Å². The van der Waals surface area contributed by atoms with Crippen LogP contribution in [-0.4, -0.2) is 32.0 Å². The molecule has 3 heterocycles. The number of thiophene rings is 2. The topological polar surface area (TPSA) is 97.1 Å². The minimum absolute atomic E-state index is 0.150. The van der Waals surface area contributed by atoms with E-state index >= 15 is 0 Å². The number of hydrogen-bond acceptors (Lipinski definition) is 6. The molecule has 0 aliphatic rings. The maximum Gasteiger partial charge on any atom is 0.339 e. The number of hydrogen-bond donors (Lipinski definition) is 2. The molecule has 0 atom stereocenters. The molecule has 3 rings (SSSR count). The Bertz CT molecular complexity index is 912. The maximum absolute atomic E-state index is 12.4. The zero-order valence-corrected chi connectivity index (χ0v) is 15.3. The number of anilines is 1. The van der Waals surface area contributed by atoms with Gasteiger partial charge in [0.15, 0.2) is 5.69 Å². The van der Waals surface area contributed by atoms with Crippen molar-refractivity contribution in [1.29, 1.82) is 0 Å². The van der Waals surface area contributed by atoms with Crippen LogP contribution in [0.3, 0.4) is 0 Å². The summed E-state index contributed by atoms with van der Waals surface area (Å²) >= 11 is 2.86. The Kier molecular flexibility index (Phi) is 4.95. The molecule has 0 aliphatic heterocycles. The van der Waals surface area contributed by atoms with Gasteiger partial charge in [-0.05, 0) is 30.4 Å². The number of rotatable bonds is 6. The van der Waals surface area contributed by atoms with E-state index in [1.807, 2.05) is 31.4 Å². The second-order valence-electron chi connectivity index (χ2n) is 5.33. The van der Waals surface area contributed by atoms with E-state index in [-0.39, 0.29) is 11.3 Å². The van der Waals surface area contributed by atoms with Gasteiger partial charge in [0.2, 0.25) is 0 Å². The molecular formula is C16H16N4O3S2. The van der Waals surface area contributed by atoms with Crippen LogP contribution in [0.5, 0.6) is 0 Å². The van der Waals surface area contributed by atoms with Crippen molar-refractivity contribution in [3.63, 3.8) is 0 Å². The zero-order chi connectivity index (χ0) is 18.0. The number of nitrogens with zero attached hydrogens (tertiary/aromatic N) is 3. The fourth-order valence-electron chi connectivity index (χ4n) is 2.53. The molecule has 0 fully saturated rings. The van der Waals surface area contributed by atoms with Crippen molar-refractivity contribution < 1.29 is 14.7 Å². The van der Waals surface area contributed by atoms with E-state index in [2.05, 4.69) is 15.6 Å². The number of carboxylic acids is 1. The Morgan fingerprint density at radius 3 is 2.84 bits per heavy atom. The summed E-state index contributed by atoms with van der Waals surface area (Å²) in [5.41, 5.74) is 1.05. The van der Waals surface area contributed by atoms with Crippen LogP contribution in [0.15, 0.2) is 23.7 Å². The quantitative estimate of drug-likeness (QED) is 0.688. The minimum atomic E-state index is -1.04. The van der Waals surface area contributed by atoms with Crippen molar-refractivity contribution in [2.24, 2.45) is 0 Å². The number of carboxylic acid groups (broad SMARTS) is 1. The third-order valence-corrected chi connectivity index (χ3v) is 5.60. The van der Waals surface area contributed by atoms with Gasteiger partial charge in [0, 0.05) is 9.75 Å². The van der Waals surface area contributed by atoms with Gasteiger partial charge in [0.1, 0.15) is 5.00 Å². The van der Waals surface area contributed by atoms with E-state index in [0.29, 0.717) is 18.0 Å². The summed E-state index contributed by atoms with van der Waals surface area (Å²) in [4.78, 5) is 25.9. The Morgan fingerprint density at radius 2 is 2.20 bits per heavy atom. The van der Waals surface area contributed by atoms with Gasteiger partial charge in [-0.2, -0.15) is 0 Å². The highest BCUT2D eigenvalue weighted by Gasteiger charge is 2.23. The number of carbonyl (C=O) groups excluding carboxylic acids is 1. The van der Waals surface area contributed by atoms with Crippen molar-refractivity contribution in [3.05, 3.63) is 50.3 Å². The van der Waals surface area contributed by atoms with Crippen LogP contribution in [0.25, 0.3) is 0 Å². The van der Waals surface area contributed by atoms with Crippen LogP contribution in [0.2, 0.25) is 0 Å².